The molecule has 2 rings (SSSR count). The van der Waals surface area contributed by atoms with Gasteiger partial charge in [-0.25, -0.2) is 15.8 Å². The van der Waals surface area contributed by atoms with Gasteiger partial charge in [-0.2, -0.15) is 0 Å². The minimum Gasteiger partial charge on any atom is -0.467 e. The molecule has 9 heteroatoms. The molecule has 0 atom stereocenters. The first-order chi connectivity index (χ1) is 8.72. The van der Waals surface area contributed by atoms with Gasteiger partial charge in [0.15, 0.2) is 0 Å². The standard InChI is InChI=1S/C9H10N6O3/c10-14-9-7(15(16)17)8(12-5-13-9)11-4-6-2-1-3-18-6/h1-3,5H,4,10H2,(H2,11,12,13,14). The van der Waals surface area contributed by atoms with Gasteiger partial charge in [-0.15, -0.1) is 0 Å². The lowest BCUT2D eigenvalue weighted by atomic mass is 10.4. The summed E-state index contributed by atoms with van der Waals surface area (Å²) in [6, 6.07) is 3.46. The number of nitrogens with one attached hydrogen (secondary N) is 2. The van der Waals surface area contributed by atoms with Gasteiger partial charge in [0.05, 0.1) is 17.7 Å². The van der Waals surface area contributed by atoms with Crippen LogP contribution in [-0.4, -0.2) is 14.9 Å². The molecule has 2 aromatic heterocycles. The molecule has 4 N–H and O–H groups in total. The van der Waals surface area contributed by atoms with E-state index in [1.165, 1.54) is 12.6 Å². The van der Waals surface area contributed by atoms with E-state index in [0.717, 1.165) is 0 Å². The van der Waals surface area contributed by atoms with Crippen molar-refractivity contribution in [1.29, 1.82) is 0 Å². The maximum absolute atomic E-state index is 10.9. The van der Waals surface area contributed by atoms with Crippen molar-refractivity contribution in [2.24, 2.45) is 5.84 Å². The predicted molar refractivity (Wildman–Crippen MR) is 62.5 cm³/mol. The topological polar surface area (TPSA) is 132 Å². The van der Waals surface area contributed by atoms with Gasteiger partial charge < -0.3 is 15.2 Å². The molecule has 0 saturated heterocycles. The Morgan fingerprint density at radius 2 is 2.22 bits per heavy atom. The summed E-state index contributed by atoms with van der Waals surface area (Å²) in [5.74, 6) is 5.80. The SMILES string of the molecule is NNc1ncnc(NCc2ccco2)c1[N+](=O)[O-]. The average molecular weight is 250 g/mol. The number of aromatic nitrogens is 2. The lowest BCUT2D eigenvalue weighted by molar-refractivity contribution is -0.383. The van der Waals surface area contributed by atoms with Crippen LogP contribution in [0.5, 0.6) is 0 Å². The van der Waals surface area contributed by atoms with Crippen molar-refractivity contribution < 1.29 is 9.34 Å². The van der Waals surface area contributed by atoms with Crippen LogP contribution in [-0.2, 0) is 6.54 Å². The van der Waals surface area contributed by atoms with Gasteiger partial charge in [0.25, 0.3) is 0 Å². The number of nitrogens with two attached hydrogens (primary N) is 1. The number of rotatable bonds is 5. The number of hydrazine groups is 1. The summed E-state index contributed by atoms with van der Waals surface area (Å²) in [5, 5.41) is 13.7. The Labute approximate surface area is 101 Å². The second-order valence-corrected chi connectivity index (χ2v) is 3.25. The van der Waals surface area contributed by atoms with Gasteiger partial charge in [0, 0.05) is 0 Å². The first-order valence-corrected chi connectivity index (χ1v) is 4.94. The van der Waals surface area contributed by atoms with Gasteiger partial charge in [-0.1, -0.05) is 0 Å². The molecule has 0 saturated carbocycles. The van der Waals surface area contributed by atoms with Crippen LogP contribution < -0.4 is 16.6 Å². The number of nitrogens with zero attached hydrogens (tertiary/aromatic N) is 3. The van der Waals surface area contributed by atoms with Crippen LogP contribution in [0.2, 0.25) is 0 Å². The summed E-state index contributed by atoms with van der Waals surface area (Å²) < 4.78 is 5.10. The highest BCUT2D eigenvalue weighted by Gasteiger charge is 2.22. The molecule has 0 aliphatic heterocycles. The monoisotopic (exact) mass is 250 g/mol. The third-order valence-corrected chi connectivity index (χ3v) is 2.15. The van der Waals surface area contributed by atoms with Crippen LogP contribution in [0.15, 0.2) is 29.1 Å². The summed E-state index contributed by atoms with van der Waals surface area (Å²) in [6.07, 6.45) is 2.69. The van der Waals surface area contributed by atoms with E-state index in [-0.39, 0.29) is 23.9 Å². The molecule has 0 aliphatic carbocycles. The zero-order valence-corrected chi connectivity index (χ0v) is 9.16. The summed E-state index contributed by atoms with van der Waals surface area (Å²) in [5.41, 5.74) is 1.84. The first-order valence-electron chi connectivity index (χ1n) is 4.94. The molecule has 0 spiro atoms. The van der Waals surface area contributed by atoms with Crippen molar-refractivity contribution in [3.63, 3.8) is 0 Å². The predicted octanol–water partition coefficient (Wildman–Crippen LogP) is 0.875. The van der Waals surface area contributed by atoms with Crippen LogP contribution in [0.1, 0.15) is 5.76 Å². The molecule has 94 valence electrons. The van der Waals surface area contributed by atoms with Crippen LogP contribution in [0, 0.1) is 10.1 Å². The van der Waals surface area contributed by atoms with E-state index in [4.69, 9.17) is 10.3 Å². The molecular weight excluding hydrogens is 240 g/mol. The van der Waals surface area contributed by atoms with E-state index < -0.39 is 4.92 Å². The minimum absolute atomic E-state index is 0.0584. The Morgan fingerprint density at radius 3 is 2.83 bits per heavy atom. The fraction of sp³-hybridized carbons (Fsp3) is 0.111. The summed E-state index contributed by atoms with van der Waals surface area (Å²) >= 11 is 0. The van der Waals surface area contributed by atoms with Crippen molar-refractivity contribution in [1.82, 2.24) is 9.97 Å². The minimum atomic E-state index is -0.611. The molecule has 0 aromatic carbocycles. The Hall–Kier alpha value is -2.68. The van der Waals surface area contributed by atoms with E-state index in [1.807, 2.05) is 0 Å². The maximum atomic E-state index is 10.9. The summed E-state index contributed by atoms with van der Waals surface area (Å²) in [7, 11) is 0. The normalized spacial score (nSPS) is 10.1. The first kappa shape index (κ1) is 11.8. The van der Waals surface area contributed by atoms with Crippen molar-refractivity contribution >= 4 is 17.3 Å². The number of furan rings is 1. The Balaban J connectivity index is 2.24. The lowest BCUT2D eigenvalue weighted by Gasteiger charge is -2.06. The summed E-state index contributed by atoms with van der Waals surface area (Å²) in [4.78, 5) is 17.8. The smallest absolute Gasteiger partial charge is 0.354 e. The largest absolute Gasteiger partial charge is 0.467 e. The summed E-state index contributed by atoms with van der Waals surface area (Å²) in [6.45, 7) is 0.273. The quantitative estimate of drug-likeness (QED) is 0.404. The lowest BCUT2D eigenvalue weighted by Crippen LogP contribution is -2.13. The van der Waals surface area contributed by atoms with Crippen molar-refractivity contribution in [2.45, 2.75) is 6.54 Å². The number of nitrogen functional groups attached to an aromatic ring is 1. The van der Waals surface area contributed by atoms with E-state index in [1.54, 1.807) is 12.1 Å². The molecular formula is C9H10N6O3. The number of hydrogen-bond acceptors (Lipinski definition) is 8. The van der Waals surface area contributed by atoms with Crippen molar-refractivity contribution in [2.75, 3.05) is 10.7 Å². The van der Waals surface area contributed by atoms with Gasteiger partial charge in [-0.3, -0.25) is 10.1 Å². The highest BCUT2D eigenvalue weighted by molar-refractivity contribution is 5.68. The van der Waals surface area contributed by atoms with Gasteiger partial charge in [-0.05, 0) is 12.1 Å². The molecule has 0 bridgehead atoms. The van der Waals surface area contributed by atoms with Crippen molar-refractivity contribution in [3.8, 4) is 0 Å². The molecule has 2 heterocycles. The molecule has 0 unspecified atom stereocenters. The fourth-order valence-electron chi connectivity index (χ4n) is 1.37. The van der Waals surface area contributed by atoms with Crippen molar-refractivity contribution in [3.05, 3.63) is 40.6 Å². The molecule has 2 aromatic rings. The number of nitro groups is 1. The van der Waals surface area contributed by atoms with E-state index >= 15 is 0 Å². The zero-order chi connectivity index (χ0) is 13.0. The number of hydrogen-bond donors (Lipinski definition) is 3. The Kier molecular flexibility index (Phi) is 3.34. The molecule has 18 heavy (non-hydrogen) atoms. The van der Waals surface area contributed by atoms with Crippen LogP contribution in [0.3, 0.4) is 0 Å². The zero-order valence-electron chi connectivity index (χ0n) is 9.16. The van der Waals surface area contributed by atoms with Crippen LogP contribution >= 0.6 is 0 Å². The van der Waals surface area contributed by atoms with Gasteiger partial charge >= 0.3 is 5.69 Å². The van der Waals surface area contributed by atoms with E-state index in [2.05, 4.69) is 20.7 Å². The molecule has 0 fully saturated rings. The van der Waals surface area contributed by atoms with Crippen LogP contribution in [0.4, 0.5) is 17.3 Å². The molecule has 0 amide bonds. The highest BCUT2D eigenvalue weighted by Crippen LogP contribution is 2.28. The van der Waals surface area contributed by atoms with E-state index in [9.17, 15) is 10.1 Å². The molecule has 0 aliphatic rings. The van der Waals surface area contributed by atoms with Gasteiger partial charge in [0.2, 0.25) is 11.6 Å². The second-order valence-electron chi connectivity index (χ2n) is 3.25. The van der Waals surface area contributed by atoms with Gasteiger partial charge in [0.1, 0.15) is 12.1 Å². The molecule has 9 nitrogen and oxygen atoms in total. The average Bonchev–Trinajstić information content (AvgIpc) is 2.88. The Morgan fingerprint density at radius 1 is 1.44 bits per heavy atom. The Bertz CT molecular complexity index is 541. The molecule has 0 radical (unpaired) electrons. The van der Waals surface area contributed by atoms with E-state index in [0.29, 0.717) is 5.76 Å². The highest BCUT2D eigenvalue weighted by atomic mass is 16.6. The fourth-order valence-corrected chi connectivity index (χ4v) is 1.37. The van der Waals surface area contributed by atoms with Crippen LogP contribution in [0.25, 0.3) is 0 Å². The third kappa shape index (κ3) is 2.35. The maximum Gasteiger partial charge on any atom is 0.354 e. The number of anilines is 2. The second kappa shape index (κ2) is 5.10. The third-order valence-electron chi connectivity index (χ3n) is 2.15.